The lowest BCUT2D eigenvalue weighted by Crippen LogP contribution is -2.08. The number of hydrogen-bond acceptors (Lipinski definition) is 4. The molecule has 0 saturated carbocycles. The largest absolute Gasteiger partial charge is 0.493 e. The summed E-state index contributed by atoms with van der Waals surface area (Å²) in [4.78, 5) is 16.5. The van der Waals surface area contributed by atoms with Crippen molar-refractivity contribution in [3.63, 3.8) is 0 Å². The van der Waals surface area contributed by atoms with Crippen molar-refractivity contribution in [1.29, 1.82) is 0 Å². The third-order valence-electron chi connectivity index (χ3n) is 4.27. The van der Waals surface area contributed by atoms with Gasteiger partial charge in [0, 0.05) is 24.9 Å². The first-order valence-electron chi connectivity index (χ1n) is 8.14. The molecule has 4 rings (SSSR count). The summed E-state index contributed by atoms with van der Waals surface area (Å²) in [5, 5.41) is 8.11. The molecular weight excluding hydrogens is 316 g/mol. The van der Waals surface area contributed by atoms with Crippen molar-refractivity contribution in [1.82, 2.24) is 14.8 Å². The number of aromatic nitrogens is 3. The predicted octanol–water partition coefficient (Wildman–Crippen LogP) is 2.86. The maximum atomic E-state index is 12.2. The van der Waals surface area contributed by atoms with Gasteiger partial charge in [0.05, 0.1) is 24.2 Å². The van der Waals surface area contributed by atoms with Crippen LogP contribution in [0.1, 0.15) is 16.8 Å². The van der Waals surface area contributed by atoms with Crippen molar-refractivity contribution < 1.29 is 9.53 Å². The Hall–Kier alpha value is -3.15. The van der Waals surface area contributed by atoms with E-state index in [4.69, 9.17) is 4.74 Å². The number of nitrogens with one attached hydrogen (secondary N) is 1. The quantitative estimate of drug-likeness (QED) is 0.748. The Balaban J connectivity index is 1.49. The van der Waals surface area contributed by atoms with Crippen LogP contribution in [-0.4, -0.2) is 27.3 Å². The fourth-order valence-electron chi connectivity index (χ4n) is 3.04. The number of ether oxygens (including phenoxy) is 1. The number of carbonyl (C=O) groups excluding carboxylic acids is 1. The van der Waals surface area contributed by atoms with E-state index in [1.165, 1.54) is 11.6 Å². The summed E-state index contributed by atoms with van der Waals surface area (Å²) in [5.74, 6) is 0.743. The molecule has 1 amide bonds. The van der Waals surface area contributed by atoms with Crippen LogP contribution < -0.4 is 10.1 Å². The van der Waals surface area contributed by atoms with Crippen LogP contribution in [0.15, 0.2) is 36.5 Å². The zero-order valence-corrected chi connectivity index (χ0v) is 14.1. The van der Waals surface area contributed by atoms with Gasteiger partial charge in [-0.05, 0) is 42.3 Å². The minimum Gasteiger partial charge on any atom is -0.493 e. The Bertz CT molecular complexity index is 1000. The summed E-state index contributed by atoms with van der Waals surface area (Å²) < 4.78 is 7.22. The first kappa shape index (κ1) is 15.4. The smallest absolute Gasteiger partial charge is 0.248 e. The molecule has 0 saturated heterocycles. The van der Waals surface area contributed by atoms with Crippen LogP contribution >= 0.6 is 0 Å². The van der Waals surface area contributed by atoms with E-state index in [-0.39, 0.29) is 5.91 Å². The highest BCUT2D eigenvalue weighted by molar-refractivity contribution is 6.02. The van der Waals surface area contributed by atoms with Crippen molar-refractivity contribution in [2.45, 2.75) is 13.3 Å². The SMILES string of the molecule is Cc1nn(C)c2ncc(NC(=O)/C=C/c3ccc4c(c3)CCO4)cc12. The molecule has 1 aliphatic heterocycles. The van der Waals surface area contributed by atoms with Crippen LogP contribution in [0.2, 0.25) is 0 Å². The summed E-state index contributed by atoms with van der Waals surface area (Å²) in [6.45, 7) is 2.65. The lowest BCUT2D eigenvalue weighted by Gasteiger charge is -2.03. The monoisotopic (exact) mass is 334 g/mol. The molecule has 3 heterocycles. The summed E-state index contributed by atoms with van der Waals surface area (Å²) in [6.07, 6.45) is 5.88. The van der Waals surface area contributed by atoms with Gasteiger partial charge in [0.25, 0.3) is 0 Å². The number of anilines is 1. The minimum atomic E-state index is -0.195. The van der Waals surface area contributed by atoms with Crippen LogP contribution in [0.3, 0.4) is 0 Å². The zero-order chi connectivity index (χ0) is 17.4. The van der Waals surface area contributed by atoms with E-state index in [1.54, 1.807) is 17.0 Å². The molecule has 6 nitrogen and oxygen atoms in total. The fourth-order valence-corrected chi connectivity index (χ4v) is 3.04. The second-order valence-corrected chi connectivity index (χ2v) is 6.09. The highest BCUT2D eigenvalue weighted by Crippen LogP contribution is 2.26. The summed E-state index contributed by atoms with van der Waals surface area (Å²) in [5.41, 5.74) is 4.50. The topological polar surface area (TPSA) is 69.0 Å². The van der Waals surface area contributed by atoms with E-state index in [9.17, 15) is 4.79 Å². The number of nitrogens with zero attached hydrogens (tertiary/aromatic N) is 3. The summed E-state index contributed by atoms with van der Waals surface area (Å²) >= 11 is 0. The molecule has 0 fully saturated rings. The highest BCUT2D eigenvalue weighted by atomic mass is 16.5. The summed E-state index contributed by atoms with van der Waals surface area (Å²) in [7, 11) is 1.85. The van der Waals surface area contributed by atoms with Crippen LogP contribution in [0.5, 0.6) is 5.75 Å². The molecule has 1 N–H and O–H groups in total. The number of aryl methyl sites for hydroxylation is 2. The first-order chi connectivity index (χ1) is 12.1. The molecule has 0 bridgehead atoms. The molecule has 0 unspecified atom stereocenters. The van der Waals surface area contributed by atoms with Crippen molar-refractivity contribution in [2.75, 3.05) is 11.9 Å². The Morgan fingerprint density at radius 2 is 2.24 bits per heavy atom. The van der Waals surface area contributed by atoms with Gasteiger partial charge in [0.15, 0.2) is 5.65 Å². The third-order valence-corrected chi connectivity index (χ3v) is 4.27. The van der Waals surface area contributed by atoms with Gasteiger partial charge in [-0.1, -0.05) is 6.07 Å². The number of amides is 1. The molecule has 0 aliphatic carbocycles. The van der Waals surface area contributed by atoms with Crippen LogP contribution in [0.4, 0.5) is 5.69 Å². The van der Waals surface area contributed by atoms with E-state index >= 15 is 0 Å². The molecule has 6 heteroatoms. The number of pyridine rings is 1. The molecule has 126 valence electrons. The van der Waals surface area contributed by atoms with Crippen LogP contribution in [0, 0.1) is 6.92 Å². The number of fused-ring (bicyclic) bond motifs is 2. The molecule has 0 radical (unpaired) electrons. The van der Waals surface area contributed by atoms with E-state index in [0.717, 1.165) is 41.1 Å². The lowest BCUT2D eigenvalue weighted by molar-refractivity contribution is -0.111. The molecule has 0 spiro atoms. The Morgan fingerprint density at radius 3 is 3.12 bits per heavy atom. The lowest BCUT2D eigenvalue weighted by atomic mass is 10.1. The van der Waals surface area contributed by atoms with Gasteiger partial charge in [-0.25, -0.2) is 4.98 Å². The average molecular weight is 334 g/mol. The van der Waals surface area contributed by atoms with E-state index in [2.05, 4.69) is 21.5 Å². The van der Waals surface area contributed by atoms with Gasteiger partial charge < -0.3 is 10.1 Å². The standard InChI is InChI=1S/C19H18N4O2/c1-12-16-10-15(11-20-19(16)23(2)22-12)21-18(24)6-4-13-3-5-17-14(9-13)7-8-25-17/h3-6,9-11H,7-8H2,1-2H3,(H,21,24)/b6-4+. The van der Waals surface area contributed by atoms with Crippen molar-refractivity contribution in [3.8, 4) is 5.75 Å². The number of rotatable bonds is 3. The first-order valence-corrected chi connectivity index (χ1v) is 8.14. The highest BCUT2D eigenvalue weighted by Gasteiger charge is 2.11. The molecule has 3 aromatic rings. The molecule has 2 aromatic heterocycles. The van der Waals surface area contributed by atoms with Gasteiger partial charge in [0.1, 0.15) is 5.75 Å². The van der Waals surface area contributed by atoms with Crippen LogP contribution in [-0.2, 0) is 18.3 Å². The Morgan fingerprint density at radius 1 is 1.36 bits per heavy atom. The minimum absolute atomic E-state index is 0.195. The summed E-state index contributed by atoms with van der Waals surface area (Å²) in [6, 6.07) is 7.84. The maximum Gasteiger partial charge on any atom is 0.248 e. The van der Waals surface area contributed by atoms with E-state index in [0.29, 0.717) is 5.69 Å². The number of benzene rings is 1. The number of carbonyl (C=O) groups is 1. The van der Waals surface area contributed by atoms with Crippen molar-refractivity contribution in [2.24, 2.45) is 7.05 Å². The molecule has 1 aliphatic rings. The predicted molar refractivity (Wildman–Crippen MR) is 96.6 cm³/mol. The fraction of sp³-hybridized carbons (Fsp3) is 0.211. The van der Waals surface area contributed by atoms with E-state index < -0.39 is 0 Å². The van der Waals surface area contributed by atoms with E-state index in [1.807, 2.05) is 32.2 Å². The molecule has 25 heavy (non-hydrogen) atoms. The normalized spacial score (nSPS) is 13.2. The second-order valence-electron chi connectivity index (χ2n) is 6.09. The average Bonchev–Trinajstić information content (AvgIpc) is 3.17. The Kier molecular flexibility index (Phi) is 3.72. The van der Waals surface area contributed by atoms with Gasteiger partial charge in [-0.3, -0.25) is 9.48 Å². The van der Waals surface area contributed by atoms with Crippen LogP contribution in [0.25, 0.3) is 17.1 Å². The van der Waals surface area contributed by atoms with Gasteiger partial charge in [0.2, 0.25) is 5.91 Å². The zero-order valence-electron chi connectivity index (χ0n) is 14.1. The molecule has 0 atom stereocenters. The maximum absolute atomic E-state index is 12.2. The molecular formula is C19H18N4O2. The third kappa shape index (κ3) is 2.98. The Labute approximate surface area is 145 Å². The van der Waals surface area contributed by atoms with Gasteiger partial charge in [-0.2, -0.15) is 5.10 Å². The van der Waals surface area contributed by atoms with Gasteiger partial charge >= 0.3 is 0 Å². The molecule has 1 aromatic carbocycles. The number of hydrogen-bond donors (Lipinski definition) is 1. The van der Waals surface area contributed by atoms with Gasteiger partial charge in [-0.15, -0.1) is 0 Å². The van der Waals surface area contributed by atoms with Crippen molar-refractivity contribution in [3.05, 3.63) is 53.4 Å². The second kappa shape index (κ2) is 6.05. The van der Waals surface area contributed by atoms with Crippen molar-refractivity contribution >= 4 is 28.7 Å².